The maximum absolute atomic E-state index is 2.56. The van der Waals surface area contributed by atoms with Gasteiger partial charge in [-0.3, -0.25) is 0 Å². The lowest BCUT2D eigenvalue weighted by Crippen LogP contribution is -2.35. The van der Waals surface area contributed by atoms with Crippen molar-refractivity contribution in [2.24, 2.45) is 5.41 Å². The maximum atomic E-state index is 2.56. The Hall–Kier alpha value is -1.91. The average molecular weight is 372 g/mol. The maximum Gasteiger partial charge on any atom is -0.00691 e. The lowest BCUT2D eigenvalue weighted by Gasteiger charge is -2.42. The van der Waals surface area contributed by atoms with Crippen molar-refractivity contribution in [2.75, 3.05) is 0 Å². The Morgan fingerprint density at radius 2 is 1.26 bits per heavy atom. The SMILES string of the molecule is C[C@H](c1ccccc1)C1(C)CCCC1P(c1ccccc1)c1ccccc1. The summed E-state index contributed by atoms with van der Waals surface area (Å²) in [5.41, 5.74) is 2.54. The summed E-state index contributed by atoms with van der Waals surface area (Å²) < 4.78 is 0. The molecule has 0 N–H and O–H groups in total. The van der Waals surface area contributed by atoms with Gasteiger partial charge < -0.3 is 0 Å². The average Bonchev–Trinajstić information content (AvgIpc) is 3.12. The summed E-state index contributed by atoms with van der Waals surface area (Å²) in [5.74, 6) is 0.573. The molecule has 2 unspecified atom stereocenters. The molecule has 3 aromatic carbocycles. The van der Waals surface area contributed by atoms with Crippen LogP contribution in [0.3, 0.4) is 0 Å². The molecule has 0 spiro atoms. The van der Waals surface area contributed by atoms with Crippen molar-refractivity contribution < 1.29 is 0 Å². The van der Waals surface area contributed by atoms with Crippen molar-refractivity contribution >= 4 is 18.5 Å². The van der Waals surface area contributed by atoms with E-state index in [0.717, 1.165) is 0 Å². The first-order valence-electron chi connectivity index (χ1n) is 10.1. The fourth-order valence-electron chi connectivity index (χ4n) is 4.91. The second kappa shape index (κ2) is 7.99. The molecule has 0 bridgehead atoms. The van der Waals surface area contributed by atoms with Crippen LogP contribution < -0.4 is 10.6 Å². The van der Waals surface area contributed by atoms with E-state index in [9.17, 15) is 0 Å². The molecule has 1 heteroatoms. The van der Waals surface area contributed by atoms with Crippen LogP contribution in [0.25, 0.3) is 0 Å². The van der Waals surface area contributed by atoms with Crippen molar-refractivity contribution in [1.29, 1.82) is 0 Å². The van der Waals surface area contributed by atoms with E-state index in [2.05, 4.69) is 105 Å². The smallest absolute Gasteiger partial charge is 0.00691 e. The highest BCUT2D eigenvalue weighted by Crippen LogP contribution is 2.60. The molecule has 0 aromatic heterocycles. The van der Waals surface area contributed by atoms with Crippen LogP contribution in [0.15, 0.2) is 91.0 Å². The first-order chi connectivity index (χ1) is 13.2. The van der Waals surface area contributed by atoms with E-state index in [1.165, 1.54) is 35.4 Å². The second-order valence-electron chi connectivity index (χ2n) is 8.09. The summed E-state index contributed by atoms with van der Waals surface area (Å²) in [6.45, 7) is 5.01. The molecule has 0 radical (unpaired) electrons. The van der Waals surface area contributed by atoms with Crippen molar-refractivity contribution in [2.45, 2.75) is 44.7 Å². The van der Waals surface area contributed by atoms with Gasteiger partial charge >= 0.3 is 0 Å². The van der Waals surface area contributed by atoms with Gasteiger partial charge in [-0.05, 0) is 53.9 Å². The first-order valence-corrected chi connectivity index (χ1v) is 11.6. The van der Waals surface area contributed by atoms with E-state index in [1.807, 2.05) is 0 Å². The van der Waals surface area contributed by atoms with Gasteiger partial charge in [-0.1, -0.05) is 111 Å². The lowest BCUT2D eigenvalue weighted by atomic mass is 9.73. The predicted molar refractivity (Wildman–Crippen MR) is 120 cm³/mol. The predicted octanol–water partition coefficient (Wildman–Crippen LogP) is 6.48. The number of hydrogen-bond acceptors (Lipinski definition) is 0. The zero-order valence-electron chi connectivity index (χ0n) is 16.4. The highest BCUT2D eigenvalue weighted by atomic mass is 31.1. The third kappa shape index (κ3) is 3.61. The van der Waals surface area contributed by atoms with E-state index in [0.29, 0.717) is 17.0 Å². The summed E-state index contributed by atoms with van der Waals surface area (Å²) in [7, 11) is -0.363. The van der Waals surface area contributed by atoms with Crippen molar-refractivity contribution in [3.8, 4) is 0 Å². The van der Waals surface area contributed by atoms with Gasteiger partial charge in [0.2, 0.25) is 0 Å². The number of hydrogen-bond donors (Lipinski definition) is 0. The molecule has 4 rings (SSSR count). The fraction of sp³-hybridized carbons (Fsp3) is 0.308. The molecule has 1 fully saturated rings. The zero-order valence-corrected chi connectivity index (χ0v) is 17.3. The summed E-state index contributed by atoms with van der Waals surface area (Å²) in [4.78, 5) is 0. The van der Waals surface area contributed by atoms with Crippen molar-refractivity contribution in [3.63, 3.8) is 0 Å². The molecule has 3 aromatic rings. The van der Waals surface area contributed by atoms with Gasteiger partial charge in [-0.2, -0.15) is 0 Å². The van der Waals surface area contributed by atoms with Gasteiger partial charge in [0.1, 0.15) is 0 Å². The second-order valence-corrected chi connectivity index (χ2v) is 10.5. The van der Waals surface area contributed by atoms with Gasteiger partial charge in [-0.25, -0.2) is 0 Å². The normalized spacial score (nSPS) is 23.4. The van der Waals surface area contributed by atoms with Crippen LogP contribution >= 0.6 is 7.92 Å². The van der Waals surface area contributed by atoms with Gasteiger partial charge in [-0.15, -0.1) is 0 Å². The first kappa shape index (κ1) is 18.5. The van der Waals surface area contributed by atoms with Crippen LogP contribution in [-0.4, -0.2) is 5.66 Å². The minimum Gasteiger partial charge on any atom is -0.0622 e. The number of benzene rings is 3. The highest BCUT2D eigenvalue weighted by Gasteiger charge is 2.47. The van der Waals surface area contributed by atoms with Crippen LogP contribution in [-0.2, 0) is 0 Å². The molecule has 0 amide bonds. The zero-order chi connectivity index (χ0) is 18.7. The Morgan fingerprint density at radius 1 is 0.778 bits per heavy atom. The third-order valence-corrected chi connectivity index (χ3v) is 9.80. The van der Waals surface area contributed by atoms with Gasteiger partial charge in [0.25, 0.3) is 0 Å². The van der Waals surface area contributed by atoms with Gasteiger partial charge in [0.15, 0.2) is 0 Å². The van der Waals surface area contributed by atoms with E-state index < -0.39 is 0 Å². The molecule has 1 saturated carbocycles. The minimum atomic E-state index is -0.363. The van der Waals surface area contributed by atoms with E-state index >= 15 is 0 Å². The summed E-state index contributed by atoms with van der Waals surface area (Å²) in [5, 5.41) is 3.05. The molecule has 27 heavy (non-hydrogen) atoms. The Kier molecular flexibility index (Phi) is 5.46. The molecule has 3 atom stereocenters. The standard InChI is InChI=1S/C26H29P/c1-21(22-13-6-3-7-14-22)26(2)20-12-19-25(26)27(23-15-8-4-9-16-23)24-17-10-5-11-18-24/h3-11,13-18,21,25H,12,19-20H2,1-2H3/t21-,25?,26?/m1/s1. The summed E-state index contributed by atoms with van der Waals surface area (Å²) in [6.07, 6.45) is 4.01. The monoisotopic (exact) mass is 372 g/mol. The van der Waals surface area contributed by atoms with E-state index in [-0.39, 0.29) is 7.92 Å². The lowest BCUT2D eigenvalue weighted by molar-refractivity contribution is 0.282. The highest BCUT2D eigenvalue weighted by molar-refractivity contribution is 7.73. The Balaban J connectivity index is 1.77. The number of rotatable bonds is 5. The molecule has 0 saturated heterocycles. The Morgan fingerprint density at radius 3 is 1.78 bits per heavy atom. The summed E-state index contributed by atoms with van der Waals surface area (Å²) >= 11 is 0. The topological polar surface area (TPSA) is 0 Å². The Labute approximate surface area is 165 Å². The molecule has 1 aliphatic carbocycles. The third-order valence-electron chi connectivity index (χ3n) is 6.62. The van der Waals surface area contributed by atoms with Crippen molar-refractivity contribution in [1.82, 2.24) is 0 Å². The minimum absolute atomic E-state index is 0.332. The molecule has 138 valence electrons. The molecule has 0 heterocycles. The Bertz CT molecular complexity index is 804. The van der Waals surface area contributed by atoms with Crippen LogP contribution in [0.1, 0.15) is 44.6 Å². The largest absolute Gasteiger partial charge is 0.0622 e. The van der Waals surface area contributed by atoms with E-state index in [1.54, 1.807) is 0 Å². The van der Waals surface area contributed by atoms with Crippen LogP contribution in [0.2, 0.25) is 0 Å². The van der Waals surface area contributed by atoms with E-state index in [4.69, 9.17) is 0 Å². The van der Waals surface area contributed by atoms with Crippen LogP contribution in [0.5, 0.6) is 0 Å². The molecule has 0 nitrogen and oxygen atoms in total. The van der Waals surface area contributed by atoms with Crippen LogP contribution in [0, 0.1) is 5.41 Å². The molecular weight excluding hydrogens is 343 g/mol. The van der Waals surface area contributed by atoms with Crippen molar-refractivity contribution in [3.05, 3.63) is 96.6 Å². The molecule has 1 aliphatic rings. The van der Waals surface area contributed by atoms with Gasteiger partial charge in [0, 0.05) is 0 Å². The molecule has 0 aliphatic heterocycles. The molecular formula is C26H29P. The fourth-order valence-corrected chi connectivity index (χ4v) is 8.30. The van der Waals surface area contributed by atoms with Crippen LogP contribution in [0.4, 0.5) is 0 Å². The van der Waals surface area contributed by atoms with Gasteiger partial charge in [0.05, 0.1) is 0 Å². The summed E-state index contributed by atoms with van der Waals surface area (Å²) in [6, 6.07) is 33.7. The quantitative estimate of drug-likeness (QED) is 0.450.